The number of benzene rings is 1. The van der Waals surface area contributed by atoms with Crippen molar-refractivity contribution < 1.29 is 4.52 Å². The van der Waals surface area contributed by atoms with Crippen LogP contribution in [0.1, 0.15) is 5.76 Å². The summed E-state index contributed by atoms with van der Waals surface area (Å²) in [5, 5.41) is 4.21. The minimum atomic E-state index is 0.581. The Morgan fingerprint density at radius 1 is 1.40 bits per heavy atom. The molecule has 15 heavy (non-hydrogen) atoms. The molecule has 1 aromatic heterocycles. The quantitative estimate of drug-likeness (QED) is 0.661. The monoisotopic (exact) mass is 240 g/mol. The zero-order valence-electron chi connectivity index (χ0n) is 7.81. The SMILES string of the molecule is Nc1ccc(SCc2ccno2)cc1Cl. The average Bonchev–Trinajstić information content (AvgIpc) is 2.73. The molecule has 0 saturated carbocycles. The van der Waals surface area contributed by atoms with Crippen molar-refractivity contribution in [3.63, 3.8) is 0 Å². The summed E-state index contributed by atoms with van der Waals surface area (Å²) in [6.45, 7) is 0. The molecule has 1 heterocycles. The highest BCUT2D eigenvalue weighted by Gasteiger charge is 2.01. The Balaban J connectivity index is 2.02. The van der Waals surface area contributed by atoms with Gasteiger partial charge in [0, 0.05) is 11.0 Å². The minimum Gasteiger partial charge on any atom is -0.398 e. The molecular formula is C10H9ClN2OS. The van der Waals surface area contributed by atoms with Gasteiger partial charge in [-0.3, -0.25) is 0 Å². The zero-order valence-corrected chi connectivity index (χ0v) is 9.39. The van der Waals surface area contributed by atoms with E-state index in [0.29, 0.717) is 10.7 Å². The number of nitrogens with two attached hydrogens (primary N) is 1. The molecule has 5 heteroatoms. The van der Waals surface area contributed by atoms with Crippen LogP contribution in [0.5, 0.6) is 0 Å². The maximum Gasteiger partial charge on any atom is 0.146 e. The molecule has 0 aliphatic rings. The van der Waals surface area contributed by atoms with Crippen LogP contribution in [0.3, 0.4) is 0 Å². The fourth-order valence-corrected chi connectivity index (χ4v) is 2.14. The Hall–Kier alpha value is -1.13. The molecule has 0 saturated heterocycles. The van der Waals surface area contributed by atoms with Crippen LogP contribution >= 0.6 is 23.4 Å². The summed E-state index contributed by atoms with van der Waals surface area (Å²) in [5.74, 6) is 1.58. The van der Waals surface area contributed by atoms with Crippen molar-refractivity contribution in [2.75, 3.05) is 5.73 Å². The Morgan fingerprint density at radius 3 is 2.93 bits per heavy atom. The molecule has 2 rings (SSSR count). The maximum absolute atomic E-state index is 5.90. The van der Waals surface area contributed by atoms with Crippen LogP contribution in [0.15, 0.2) is 39.9 Å². The molecule has 1 aromatic carbocycles. The predicted octanol–water partition coefficient (Wildman–Crippen LogP) is 3.20. The van der Waals surface area contributed by atoms with Gasteiger partial charge in [0.05, 0.1) is 22.7 Å². The van der Waals surface area contributed by atoms with Crippen LogP contribution in [-0.2, 0) is 5.75 Å². The number of halogens is 1. The van der Waals surface area contributed by atoms with Gasteiger partial charge in [-0.25, -0.2) is 0 Å². The molecule has 0 aliphatic carbocycles. The van der Waals surface area contributed by atoms with Crippen LogP contribution in [0.25, 0.3) is 0 Å². The molecular weight excluding hydrogens is 232 g/mol. The first-order valence-electron chi connectivity index (χ1n) is 4.33. The molecule has 3 nitrogen and oxygen atoms in total. The minimum absolute atomic E-state index is 0.581. The van der Waals surface area contributed by atoms with E-state index in [4.69, 9.17) is 21.9 Å². The molecule has 78 valence electrons. The van der Waals surface area contributed by atoms with E-state index >= 15 is 0 Å². The first kappa shape index (κ1) is 10.4. The van der Waals surface area contributed by atoms with E-state index in [1.165, 1.54) is 0 Å². The number of hydrogen-bond donors (Lipinski definition) is 1. The van der Waals surface area contributed by atoms with E-state index in [0.717, 1.165) is 16.4 Å². The third kappa shape index (κ3) is 2.67. The lowest BCUT2D eigenvalue weighted by atomic mass is 10.3. The van der Waals surface area contributed by atoms with Gasteiger partial charge in [-0.15, -0.1) is 11.8 Å². The first-order valence-corrected chi connectivity index (χ1v) is 5.69. The van der Waals surface area contributed by atoms with E-state index in [1.807, 2.05) is 18.2 Å². The molecule has 0 unspecified atom stereocenters. The normalized spacial score (nSPS) is 10.5. The predicted molar refractivity (Wildman–Crippen MR) is 61.9 cm³/mol. The molecule has 0 spiro atoms. The van der Waals surface area contributed by atoms with E-state index < -0.39 is 0 Å². The largest absolute Gasteiger partial charge is 0.398 e. The summed E-state index contributed by atoms with van der Waals surface area (Å²) in [6, 6.07) is 7.41. The molecule has 0 fully saturated rings. The summed E-state index contributed by atoms with van der Waals surface area (Å²) in [7, 11) is 0. The van der Waals surface area contributed by atoms with Gasteiger partial charge in [-0.05, 0) is 18.2 Å². The van der Waals surface area contributed by atoms with Gasteiger partial charge in [-0.1, -0.05) is 16.8 Å². The number of rotatable bonds is 3. The van der Waals surface area contributed by atoms with Gasteiger partial charge in [0.15, 0.2) is 0 Å². The fraction of sp³-hybridized carbons (Fsp3) is 0.100. The second kappa shape index (κ2) is 4.59. The number of nitrogen functional groups attached to an aromatic ring is 1. The molecule has 0 radical (unpaired) electrons. The van der Waals surface area contributed by atoms with Crippen LogP contribution in [0.4, 0.5) is 5.69 Å². The Morgan fingerprint density at radius 2 is 2.27 bits per heavy atom. The number of anilines is 1. The molecule has 2 N–H and O–H groups in total. The van der Waals surface area contributed by atoms with Crippen LogP contribution < -0.4 is 5.73 Å². The number of thioether (sulfide) groups is 1. The van der Waals surface area contributed by atoms with Gasteiger partial charge in [0.1, 0.15) is 5.76 Å². The standard InChI is InChI=1S/C10H9ClN2OS/c11-9-5-8(1-2-10(9)12)15-6-7-3-4-13-14-7/h1-5H,6,12H2. The molecule has 0 atom stereocenters. The van der Waals surface area contributed by atoms with Crippen molar-refractivity contribution in [2.24, 2.45) is 0 Å². The summed E-state index contributed by atoms with van der Waals surface area (Å²) in [6.07, 6.45) is 1.63. The summed E-state index contributed by atoms with van der Waals surface area (Å²) in [5.41, 5.74) is 6.21. The van der Waals surface area contributed by atoms with Crippen LogP contribution in [0, 0.1) is 0 Å². The van der Waals surface area contributed by atoms with Crippen molar-refractivity contribution >= 4 is 29.1 Å². The van der Waals surface area contributed by atoms with Crippen molar-refractivity contribution in [2.45, 2.75) is 10.6 Å². The van der Waals surface area contributed by atoms with E-state index in [1.54, 1.807) is 24.0 Å². The van der Waals surface area contributed by atoms with Crippen molar-refractivity contribution in [3.05, 3.63) is 41.2 Å². The van der Waals surface area contributed by atoms with Crippen LogP contribution in [-0.4, -0.2) is 5.16 Å². The summed E-state index contributed by atoms with van der Waals surface area (Å²) < 4.78 is 4.98. The lowest BCUT2D eigenvalue weighted by Gasteiger charge is -2.01. The second-order valence-corrected chi connectivity index (χ2v) is 4.41. The Kier molecular flexibility index (Phi) is 3.18. The van der Waals surface area contributed by atoms with E-state index in [-0.39, 0.29) is 0 Å². The lowest BCUT2D eigenvalue weighted by Crippen LogP contribution is -1.85. The first-order chi connectivity index (χ1) is 7.25. The third-order valence-electron chi connectivity index (χ3n) is 1.84. The molecule has 0 bridgehead atoms. The molecule has 2 aromatic rings. The molecule has 0 amide bonds. The topological polar surface area (TPSA) is 52.0 Å². The Bertz CT molecular complexity index is 445. The number of aromatic nitrogens is 1. The smallest absolute Gasteiger partial charge is 0.146 e. The zero-order chi connectivity index (χ0) is 10.7. The van der Waals surface area contributed by atoms with Gasteiger partial charge >= 0.3 is 0 Å². The van der Waals surface area contributed by atoms with E-state index in [2.05, 4.69) is 5.16 Å². The average molecular weight is 241 g/mol. The highest BCUT2D eigenvalue weighted by atomic mass is 35.5. The maximum atomic E-state index is 5.90. The van der Waals surface area contributed by atoms with Crippen LogP contribution in [0.2, 0.25) is 5.02 Å². The fourth-order valence-electron chi connectivity index (χ4n) is 1.07. The van der Waals surface area contributed by atoms with Crippen molar-refractivity contribution in [3.8, 4) is 0 Å². The van der Waals surface area contributed by atoms with Gasteiger partial charge in [-0.2, -0.15) is 0 Å². The third-order valence-corrected chi connectivity index (χ3v) is 3.19. The van der Waals surface area contributed by atoms with Gasteiger partial charge < -0.3 is 10.3 Å². The highest BCUT2D eigenvalue weighted by molar-refractivity contribution is 7.98. The van der Waals surface area contributed by atoms with Gasteiger partial charge in [0.2, 0.25) is 0 Å². The Labute approximate surface area is 96.6 Å². The lowest BCUT2D eigenvalue weighted by molar-refractivity contribution is 0.395. The summed E-state index contributed by atoms with van der Waals surface area (Å²) >= 11 is 7.53. The molecule has 0 aliphatic heterocycles. The van der Waals surface area contributed by atoms with Crippen molar-refractivity contribution in [1.29, 1.82) is 0 Å². The second-order valence-electron chi connectivity index (χ2n) is 2.95. The van der Waals surface area contributed by atoms with Crippen molar-refractivity contribution in [1.82, 2.24) is 5.16 Å². The number of hydrogen-bond acceptors (Lipinski definition) is 4. The number of nitrogens with zero attached hydrogens (tertiary/aromatic N) is 1. The van der Waals surface area contributed by atoms with Gasteiger partial charge in [0.25, 0.3) is 0 Å². The van der Waals surface area contributed by atoms with E-state index in [9.17, 15) is 0 Å². The summed E-state index contributed by atoms with van der Waals surface area (Å²) in [4.78, 5) is 1.06. The highest BCUT2D eigenvalue weighted by Crippen LogP contribution is 2.28.